The molecular formula is C14H13NO4. The maximum absolute atomic E-state index is 12.0. The second-order valence-corrected chi connectivity index (χ2v) is 4.22. The van der Waals surface area contributed by atoms with Gasteiger partial charge in [0.2, 0.25) is 0 Å². The molecule has 0 aliphatic heterocycles. The van der Waals surface area contributed by atoms with Gasteiger partial charge in [-0.25, -0.2) is 4.79 Å². The van der Waals surface area contributed by atoms with Crippen LogP contribution in [0, 0.1) is 13.8 Å². The normalized spacial score (nSPS) is 10.2. The fraction of sp³-hybridized carbons (Fsp3) is 0.143. The van der Waals surface area contributed by atoms with Crippen molar-refractivity contribution in [3.05, 3.63) is 53.0 Å². The molecule has 2 N–H and O–H groups in total. The number of aryl methyl sites for hydroxylation is 2. The van der Waals surface area contributed by atoms with Crippen molar-refractivity contribution in [1.82, 2.24) is 0 Å². The molecule has 2 aromatic rings. The molecule has 2 rings (SSSR count). The highest BCUT2D eigenvalue weighted by atomic mass is 16.4. The summed E-state index contributed by atoms with van der Waals surface area (Å²) in [5, 5.41) is 11.6. The highest BCUT2D eigenvalue weighted by Gasteiger charge is 2.14. The predicted molar refractivity (Wildman–Crippen MR) is 69.5 cm³/mol. The second kappa shape index (κ2) is 4.97. The summed E-state index contributed by atoms with van der Waals surface area (Å²) in [7, 11) is 0. The Kier molecular flexibility index (Phi) is 3.37. The maximum Gasteiger partial charge on any atom is 0.335 e. The van der Waals surface area contributed by atoms with Gasteiger partial charge < -0.3 is 14.8 Å². The summed E-state index contributed by atoms with van der Waals surface area (Å²) in [6, 6.07) is 6.25. The standard InChI is InChI=1S/C14H13NO4/c1-8-3-4-10(14(17)18)7-11(8)15-13(16)12-9(2)5-6-19-12/h3-7H,1-2H3,(H,15,16)(H,17,18). The van der Waals surface area contributed by atoms with E-state index in [1.54, 1.807) is 26.0 Å². The van der Waals surface area contributed by atoms with Crippen LogP contribution in [0.3, 0.4) is 0 Å². The van der Waals surface area contributed by atoms with E-state index >= 15 is 0 Å². The zero-order valence-electron chi connectivity index (χ0n) is 10.6. The topological polar surface area (TPSA) is 79.5 Å². The molecule has 1 aromatic carbocycles. The van der Waals surface area contributed by atoms with E-state index in [4.69, 9.17) is 9.52 Å². The Labute approximate surface area is 109 Å². The van der Waals surface area contributed by atoms with Gasteiger partial charge in [0.15, 0.2) is 5.76 Å². The first kappa shape index (κ1) is 12.9. The van der Waals surface area contributed by atoms with Gasteiger partial charge in [-0.1, -0.05) is 6.07 Å². The molecule has 0 aliphatic carbocycles. The van der Waals surface area contributed by atoms with Gasteiger partial charge >= 0.3 is 5.97 Å². The number of aromatic carboxylic acids is 1. The number of furan rings is 1. The summed E-state index contributed by atoms with van der Waals surface area (Å²) in [4.78, 5) is 22.9. The SMILES string of the molecule is Cc1ccc(C(=O)O)cc1NC(=O)c1occc1C. The first-order chi connectivity index (χ1) is 8.99. The third-order valence-electron chi connectivity index (χ3n) is 2.80. The lowest BCUT2D eigenvalue weighted by Gasteiger charge is -2.08. The number of hydrogen-bond donors (Lipinski definition) is 2. The number of anilines is 1. The van der Waals surface area contributed by atoms with Crippen molar-refractivity contribution in [3.63, 3.8) is 0 Å². The molecule has 19 heavy (non-hydrogen) atoms. The van der Waals surface area contributed by atoms with E-state index in [0.717, 1.165) is 11.1 Å². The van der Waals surface area contributed by atoms with E-state index in [2.05, 4.69) is 5.32 Å². The highest BCUT2D eigenvalue weighted by Crippen LogP contribution is 2.19. The van der Waals surface area contributed by atoms with E-state index in [1.807, 2.05) is 0 Å². The molecule has 0 spiro atoms. The molecule has 1 heterocycles. The minimum absolute atomic E-state index is 0.122. The van der Waals surface area contributed by atoms with E-state index in [-0.39, 0.29) is 11.3 Å². The number of carboxylic acid groups (broad SMARTS) is 1. The molecule has 0 aliphatic rings. The van der Waals surface area contributed by atoms with Crippen LogP contribution in [-0.4, -0.2) is 17.0 Å². The average Bonchev–Trinajstić information content (AvgIpc) is 2.78. The molecule has 0 atom stereocenters. The molecule has 5 heteroatoms. The number of carbonyl (C=O) groups is 2. The minimum atomic E-state index is -1.04. The number of hydrogen-bond acceptors (Lipinski definition) is 3. The lowest BCUT2D eigenvalue weighted by atomic mass is 10.1. The maximum atomic E-state index is 12.0. The Morgan fingerprint density at radius 2 is 1.89 bits per heavy atom. The fourth-order valence-corrected chi connectivity index (χ4v) is 1.67. The summed E-state index contributed by atoms with van der Waals surface area (Å²) in [5.41, 5.74) is 2.09. The van der Waals surface area contributed by atoms with E-state index in [0.29, 0.717) is 5.69 Å². The minimum Gasteiger partial charge on any atom is -0.478 e. The lowest BCUT2D eigenvalue weighted by molar-refractivity contribution is 0.0696. The fourth-order valence-electron chi connectivity index (χ4n) is 1.67. The molecule has 0 saturated heterocycles. The average molecular weight is 259 g/mol. The molecular weight excluding hydrogens is 246 g/mol. The first-order valence-electron chi connectivity index (χ1n) is 5.68. The van der Waals surface area contributed by atoms with Crippen molar-refractivity contribution >= 4 is 17.6 Å². The van der Waals surface area contributed by atoms with Crippen molar-refractivity contribution in [2.45, 2.75) is 13.8 Å². The number of benzene rings is 1. The third kappa shape index (κ3) is 2.65. The molecule has 98 valence electrons. The predicted octanol–water partition coefficient (Wildman–Crippen LogP) is 2.85. The van der Waals surface area contributed by atoms with Gasteiger partial charge in [0.05, 0.1) is 11.8 Å². The molecule has 1 amide bonds. The molecule has 1 aromatic heterocycles. The second-order valence-electron chi connectivity index (χ2n) is 4.22. The smallest absolute Gasteiger partial charge is 0.335 e. The van der Waals surface area contributed by atoms with Crippen molar-refractivity contribution in [2.75, 3.05) is 5.32 Å². The number of nitrogens with one attached hydrogen (secondary N) is 1. The largest absolute Gasteiger partial charge is 0.478 e. The van der Waals surface area contributed by atoms with Crippen LogP contribution in [0.4, 0.5) is 5.69 Å². The summed E-state index contributed by atoms with van der Waals surface area (Å²) >= 11 is 0. The van der Waals surface area contributed by atoms with Crippen LogP contribution in [-0.2, 0) is 0 Å². The number of carbonyl (C=O) groups excluding carboxylic acids is 1. The van der Waals surface area contributed by atoms with Gasteiger partial charge in [0.25, 0.3) is 5.91 Å². The lowest BCUT2D eigenvalue weighted by Crippen LogP contribution is -2.13. The van der Waals surface area contributed by atoms with Crippen molar-refractivity contribution in [2.24, 2.45) is 0 Å². The van der Waals surface area contributed by atoms with Crippen molar-refractivity contribution in [1.29, 1.82) is 0 Å². The van der Waals surface area contributed by atoms with Crippen molar-refractivity contribution in [3.8, 4) is 0 Å². The molecule has 0 unspecified atom stereocenters. The van der Waals surface area contributed by atoms with Crippen LogP contribution in [0.5, 0.6) is 0 Å². The Morgan fingerprint density at radius 3 is 2.47 bits per heavy atom. The van der Waals surface area contributed by atoms with Crippen molar-refractivity contribution < 1.29 is 19.1 Å². The van der Waals surface area contributed by atoms with E-state index in [1.165, 1.54) is 18.4 Å². The molecule has 5 nitrogen and oxygen atoms in total. The van der Waals surface area contributed by atoms with Gasteiger partial charge in [-0.3, -0.25) is 4.79 Å². The van der Waals surface area contributed by atoms with Gasteiger partial charge in [0, 0.05) is 11.3 Å². The Balaban J connectivity index is 2.28. The molecule has 0 fully saturated rings. The van der Waals surface area contributed by atoms with Gasteiger partial charge in [-0.15, -0.1) is 0 Å². The van der Waals surface area contributed by atoms with Crippen LogP contribution in [0.25, 0.3) is 0 Å². The number of rotatable bonds is 3. The molecule has 0 saturated carbocycles. The van der Waals surface area contributed by atoms with Gasteiger partial charge in [-0.2, -0.15) is 0 Å². The van der Waals surface area contributed by atoms with Crippen LogP contribution in [0.15, 0.2) is 34.9 Å². The van der Waals surface area contributed by atoms with E-state index in [9.17, 15) is 9.59 Å². The van der Waals surface area contributed by atoms with Gasteiger partial charge in [-0.05, 0) is 37.6 Å². The Morgan fingerprint density at radius 1 is 1.16 bits per heavy atom. The van der Waals surface area contributed by atoms with Crippen LogP contribution in [0.1, 0.15) is 32.0 Å². The molecule has 0 radical (unpaired) electrons. The highest BCUT2D eigenvalue weighted by molar-refractivity contribution is 6.04. The first-order valence-corrected chi connectivity index (χ1v) is 5.68. The summed E-state index contributed by atoms with van der Waals surface area (Å²) < 4.78 is 5.09. The zero-order chi connectivity index (χ0) is 14.0. The Hall–Kier alpha value is -2.56. The van der Waals surface area contributed by atoms with Crippen LogP contribution >= 0.6 is 0 Å². The monoisotopic (exact) mass is 259 g/mol. The quantitative estimate of drug-likeness (QED) is 0.888. The summed E-state index contributed by atoms with van der Waals surface area (Å²) in [6.07, 6.45) is 1.44. The van der Waals surface area contributed by atoms with Gasteiger partial charge in [0.1, 0.15) is 0 Å². The number of amides is 1. The number of carboxylic acids is 1. The third-order valence-corrected chi connectivity index (χ3v) is 2.80. The molecule has 0 bridgehead atoms. The van der Waals surface area contributed by atoms with Crippen LogP contribution in [0.2, 0.25) is 0 Å². The van der Waals surface area contributed by atoms with Crippen LogP contribution < -0.4 is 5.32 Å². The van der Waals surface area contributed by atoms with E-state index < -0.39 is 11.9 Å². The Bertz CT molecular complexity index is 643. The summed E-state index contributed by atoms with van der Waals surface area (Å²) in [6.45, 7) is 3.55. The zero-order valence-corrected chi connectivity index (χ0v) is 10.6. The summed E-state index contributed by atoms with van der Waals surface area (Å²) in [5.74, 6) is -1.21.